The normalized spacial score (nSPS) is 19.5. The first-order valence-electron chi connectivity index (χ1n) is 10.4. The molecule has 0 radical (unpaired) electrons. The Kier molecular flexibility index (Phi) is 4.56. The molecule has 5 rings (SSSR count). The van der Waals surface area contributed by atoms with Gasteiger partial charge in [0.25, 0.3) is 0 Å². The standard InChI is InChI=1S/C23H27N3O3S/c1-29-23-12-20-18-10-15-5-3-4-8-26(15)13-21(18)16-7-6-14(25-30(2,27)28)9-17(16)19(20)11-22(23)24/h6-7,9,11-12,15,25H,3-5,8,10,13,24H2,1-2H3. The molecule has 158 valence electrons. The molecule has 0 spiro atoms. The van der Waals surface area contributed by atoms with Gasteiger partial charge in [-0.3, -0.25) is 9.62 Å². The predicted octanol–water partition coefficient (Wildman–Crippen LogP) is 3.87. The van der Waals surface area contributed by atoms with E-state index in [1.54, 1.807) is 7.11 Å². The average molecular weight is 426 g/mol. The number of hydrogen-bond donors (Lipinski definition) is 2. The highest BCUT2D eigenvalue weighted by molar-refractivity contribution is 7.92. The second-order valence-electron chi connectivity index (χ2n) is 8.56. The van der Waals surface area contributed by atoms with Gasteiger partial charge in [0.1, 0.15) is 5.75 Å². The second-order valence-corrected chi connectivity index (χ2v) is 10.3. The molecule has 6 nitrogen and oxygen atoms in total. The zero-order valence-corrected chi connectivity index (χ0v) is 18.2. The van der Waals surface area contributed by atoms with Gasteiger partial charge < -0.3 is 10.5 Å². The highest BCUT2D eigenvalue weighted by atomic mass is 32.2. The Balaban J connectivity index is 1.81. The molecule has 0 bridgehead atoms. The van der Waals surface area contributed by atoms with Gasteiger partial charge in [0.2, 0.25) is 10.0 Å². The molecule has 3 aromatic rings. The summed E-state index contributed by atoms with van der Waals surface area (Å²) in [6.45, 7) is 2.07. The monoisotopic (exact) mass is 425 g/mol. The van der Waals surface area contributed by atoms with Crippen LogP contribution in [0.1, 0.15) is 30.4 Å². The Morgan fingerprint density at radius 1 is 1.07 bits per heavy atom. The van der Waals surface area contributed by atoms with Gasteiger partial charge in [-0.1, -0.05) is 12.5 Å². The van der Waals surface area contributed by atoms with E-state index in [1.165, 1.54) is 42.0 Å². The summed E-state index contributed by atoms with van der Waals surface area (Å²) < 4.78 is 31.7. The van der Waals surface area contributed by atoms with Crippen LogP contribution in [0.4, 0.5) is 11.4 Å². The minimum absolute atomic E-state index is 0.562. The first kappa shape index (κ1) is 19.5. The third-order valence-corrected chi connectivity index (χ3v) is 7.15. The molecule has 1 saturated heterocycles. The average Bonchev–Trinajstić information content (AvgIpc) is 2.71. The van der Waals surface area contributed by atoms with E-state index < -0.39 is 10.0 Å². The molecular weight excluding hydrogens is 398 g/mol. The van der Waals surface area contributed by atoms with Crippen LogP contribution in [0.3, 0.4) is 0 Å². The highest BCUT2D eigenvalue weighted by Gasteiger charge is 2.31. The van der Waals surface area contributed by atoms with Crippen molar-refractivity contribution in [1.82, 2.24) is 4.90 Å². The van der Waals surface area contributed by atoms with Crippen molar-refractivity contribution in [3.63, 3.8) is 0 Å². The molecule has 3 aromatic carbocycles. The molecule has 0 aliphatic carbocycles. The Morgan fingerprint density at radius 2 is 1.87 bits per heavy atom. The highest BCUT2D eigenvalue weighted by Crippen LogP contribution is 2.42. The quantitative estimate of drug-likeness (QED) is 0.492. The van der Waals surface area contributed by atoms with Crippen molar-refractivity contribution < 1.29 is 13.2 Å². The number of ether oxygens (including phenoxy) is 1. The largest absolute Gasteiger partial charge is 0.495 e. The lowest BCUT2D eigenvalue weighted by atomic mass is 9.82. The first-order chi connectivity index (χ1) is 14.3. The fourth-order valence-corrected chi connectivity index (χ4v) is 5.79. The Hall–Kier alpha value is -2.51. The Morgan fingerprint density at radius 3 is 2.63 bits per heavy atom. The SMILES string of the molecule is COc1cc2c3c(c4ccc(NS(C)(=O)=O)cc4c2cc1N)CN1CCCCC1C3. The first-order valence-corrected chi connectivity index (χ1v) is 12.3. The zero-order chi connectivity index (χ0) is 21.0. The molecule has 2 aliphatic heterocycles. The van der Waals surface area contributed by atoms with Crippen molar-refractivity contribution in [3.05, 3.63) is 41.5 Å². The number of nitrogens with two attached hydrogens (primary N) is 1. The molecule has 0 amide bonds. The maximum Gasteiger partial charge on any atom is 0.229 e. The van der Waals surface area contributed by atoms with Gasteiger partial charge >= 0.3 is 0 Å². The Bertz CT molecular complexity index is 1270. The van der Waals surface area contributed by atoms with Gasteiger partial charge in [0.15, 0.2) is 0 Å². The summed E-state index contributed by atoms with van der Waals surface area (Å²) in [4.78, 5) is 2.61. The van der Waals surface area contributed by atoms with Crippen LogP contribution in [0.25, 0.3) is 21.5 Å². The maximum atomic E-state index is 11.8. The molecule has 0 aromatic heterocycles. The molecular formula is C23H27N3O3S. The van der Waals surface area contributed by atoms with Gasteiger partial charge in [-0.25, -0.2) is 8.42 Å². The van der Waals surface area contributed by atoms with E-state index >= 15 is 0 Å². The van der Waals surface area contributed by atoms with Crippen LogP contribution in [0.15, 0.2) is 30.3 Å². The molecule has 3 N–H and O–H groups in total. The third kappa shape index (κ3) is 3.26. The fourth-order valence-electron chi connectivity index (χ4n) is 5.23. The van der Waals surface area contributed by atoms with E-state index in [-0.39, 0.29) is 0 Å². The number of nitrogen functional groups attached to an aromatic ring is 1. The minimum atomic E-state index is -3.35. The number of anilines is 2. The van der Waals surface area contributed by atoms with Crippen molar-refractivity contribution in [1.29, 1.82) is 0 Å². The lowest BCUT2D eigenvalue weighted by molar-refractivity contribution is 0.128. The van der Waals surface area contributed by atoms with Gasteiger partial charge in [-0.05, 0) is 82.7 Å². The number of fused-ring (bicyclic) bond motifs is 7. The molecule has 30 heavy (non-hydrogen) atoms. The van der Waals surface area contributed by atoms with Gasteiger partial charge in [0, 0.05) is 18.3 Å². The number of nitrogens with zero attached hydrogens (tertiary/aromatic N) is 1. The van der Waals surface area contributed by atoms with Gasteiger partial charge in [-0.2, -0.15) is 0 Å². The summed E-state index contributed by atoms with van der Waals surface area (Å²) in [5.41, 5.74) is 10.1. The Labute approximate surface area is 177 Å². The van der Waals surface area contributed by atoms with E-state index in [1.807, 2.05) is 24.3 Å². The maximum absolute atomic E-state index is 11.8. The summed E-state index contributed by atoms with van der Waals surface area (Å²) in [7, 11) is -1.71. The van der Waals surface area contributed by atoms with E-state index in [0.717, 1.165) is 35.7 Å². The van der Waals surface area contributed by atoms with E-state index in [0.29, 0.717) is 23.2 Å². The summed E-state index contributed by atoms with van der Waals surface area (Å²) in [5, 5.41) is 4.39. The van der Waals surface area contributed by atoms with Crippen molar-refractivity contribution in [2.75, 3.05) is 30.4 Å². The van der Waals surface area contributed by atoms with Crippen LogP contribution in [-0.2, 0) is 23.0 Å². The number of rotatable bonds is 3. The lowest BCUT2D eigenvalue weighted by Crippen LogP contribution is -2.43. The van der Waals surface area contributed by atoms with Crippen molar-refractivity contribution in [3.8, 4) is 5.75 Å². The molecule has 7 heteroatoms. The second kappa shape index (κ2) is 7.03. The number of sulfonamides is 1. The van der Waals surface area contributed by atoms with E-state index in [4.69, 9.17) is 10.5 Å². The van der Waals surface area contributed by atoms with Crippen molar-refractivity contribution in [2.45, 2.75) is 38.3 Å². The van der Waals surface area contributed by atoms with Crippen LogP contribution in [0, 0.1) is 0 Å². The number of nitrogens with one attached hydrogen (secondary N) is 1. The summed E-state index contributed by atoms with van der Waals surface area (Å²) in [6.07, 6.45) is 5.98. The fraction of sp³-hybridized carbons (Fsp3) is 0.391. The summed E-state index contributed by atoms with van der Waals surface area (Å²) >= 11 is 0. The molecule has 2 heterocycles. The smallest absolute Gasteiger partial charge is 0.229 e. The molecule has 1 fully saturated rings. The number of hydrogen-bond acceptors (Lipinski definition) is 5. The summed E-state index contributed by atoms with van der Waals surface area (Å²) in [6, 6.07) is 10.4. The molecule has 0 saturated carbocycles. The van der Waals surface area contributed by atoms with E-state index in [9.17, 15) is 8.42 Å². The topological polar surface area (TPSA) is 84.7 Å². The third-order valence-electron chi connectivity index (χ3n) is 6.55. The van der Waals surface area contributed by atoms with Crippen molar-refractivity contribution in [2.24, 2.45) is 0 Å². The zero-order valence-electron chi connectivity index (χ0n) is 17.4. The number of piperidine rings is 1. The summed E-state index contributed by atoms with van der Waals surface area (Å²) in [5.74, 6) is 0.681. The minimum Gasteiger partial charge on any atom is -0.495 e. The number of methoxy groups -OCH3 is 1. The van der Waals surface area contributed by atoms with Crippen LogP contribution < -0.4 is 15.2 Å². The van der Waals surface area contributed by atoms with E-state index in [2.05, 4.69) is 15.7 Å². The number of benzene rings is 3. The van der Waals surface area contributed by atoms with Crippen molar-refractivity contribution >= 4 is 42.9 Å². The molecule has 2 aliphatic rings. The molecule has 1 unspecified atom stereocenters. The van der Waals surface area contributed by atoms with Crippen LogP contribution in [-0.4, -0.2) is 39.3 Å². The van der Waals surface area contributed by atoms with Gasteiger partial charge in [-0.15, -0.1) is 0 Å². The predicted molar refractivity (Wildman–Crippen MR) is 123 cm³/mol. The van der Waals surface area contributed by atoms with Crippen LogP contribution >= 0.6 is 0 Å². The molecule has 1 atom stereocenters. The van der Waals surface area contributed by atoms with Crippen LogP contribution in [0.2, 0.25) is 0 Å². The lowest BCUT2D eigenvalue weighted by Gasteiger charge is -2.41. The van der Waals surface area contributed by atoms with Gasteiger partial charge in [0.05, 0.1) is 19.1 Å². The van der Waals surface area contributed by atoms with Crippen LogP contribution in [0.5, 0.6) is 5.75 Å².